The molecule has 1 nitrogen and oxygen atoms in total. The molecule has 0 bridgehead atoms. The summed E-state index contributed by atoms with van der Waals surface area (Å²) in [6, 6.07) is 13.5. The Balaban J connectivity index is 2.60. The van der Waals surface area contributed by atoms with Crippen LogP contribution in [0.4, 0.5) is 5.69 Å². The van der Waals surface area contributed by atoms with Gasteiger partial charge in [-0.3, -0.25) is 0 Å². The van der Waals surface area contributed by atoms with E-state index in [1.165, 1.54) is 0 Å². The highest BCUT2D eigenvalue weighted by Gasteiger charge is 2.05. The minimum atomic E-state index is 0.709. The van der Waals surface area contributed by atoms with E-state index in [0.717, 1.165) is 22.4 Å². The highest BCUT2D eigenvalue weighted by molar-refractivity contribution is 6.30. The Labute approximate surface area is 100 Å². The quantitative estimate of drug-likeness (QED) is 0.767. The van der Waals surface area contributed by atoms with Gasteiger partial charge in [-0.2, -0.15) is 0 Å². The van der Waals surface area contributed by atoms with Crippen LogP contribution in [-0.2, 0) is 0 Å². The monoisotopic (exact) mass is 229 g/mol. The fraction of sp³-hybridized carbons (Fsp3) is 0. The van der Waals surface area contributed by atoms with E-state index in [-0.39, 0.29) is 0 Å². The highest BCUT2D eigenvalue weighted by Crippen LogP contribution is 2.30. The number of hydrogen-bond acceptors (Lipinski definition) is 1. The van der Waals surface area contributed by atoms with Gasteiger partial charge in [0.15, 0.2) is 0 Å². The first-order valence-corrected chi connectivity index (χ1v) is 5.37. The molecule has 0 atom stereocenters. The standard InChI is InChI=1S/C14H12ClN/c1-2-10-5-4-8-13(14(10)16)11-6-3-7-12(15)9-11/h2-9H,1,16H2. The van der Waals surface area contributed by atoms with Crippen LogP contribution in [0.5, 0.6) is 0 Å². The van der Waals surface area contributed by atoms with Gasteiger partial charge in [-0.25, -0.2) is 0 Å². The molecule has 2 aromatic rings. The zero-order valence-electron chi connectivity index (χ0n) is 8.78. The van der Waals surface area contributed by atoms with Crippen molar-refractivity contribution in [2.45, 2.75) is 0 Å². The molecular weight excluding hydrogens is 218 g/mol. The third-order valence-electron chi connectivity index (χ3n) is 2.50. The Morgan fingerprint density at radius 2 is 1.88 bits per heavy atom. The lowest BCUT2D eigenvalue weighted by atomic mass is 10.0. The molecule has 0 saturated carbocycles. The van der Waals surface area contributed by atoms with Crippen LogP contribution in [-0.4, -0.2) is 0 Å². The fourth-order valence-corrected chi connectivity index (χ4v) is 1.86. The molecule has 0 aliphatic carbocycles. The second kappa shape index (κ2) is 4.42. The SMILES string of the molecule is C=Cc1cccc(-c2cccc(Cl)c2)c1N. The number of halogens is 1. The maximum atomic E-state index is 6.06. The summed E-state index contributed by atoms with van der Waals surface area (Å²) >= 11 is 5.96. The van der Waals surface area contributed by atoms with E-state index in [9.17, 15) is 0 Å². The zero-order chi connectivity index (χ0) is 11.5. The van der Waals surface area contributed by atoms with Gasteiger partial charge in [0, 0.05) is 16.3 Å². The van der Waals surface area contributed by atoms with E-state index in [2.05, 4.69) is 6.58 Å². The molecule has 2 aromatic carbocycles. The number of para-hydroxylation sites is 1. The van der Waals surface area contributed by atoms with Gasteiger partial charge in [0.05, 0.1) is 0 Å². The lowest BCUT2D eigenvalue weighted by Gasteiger charge is -2.08. The highest BCUT2D eigenvalue weighted by atomic mass is 35.5. The average molecular weight is 230 g/mol. The number of anilines is 1. The number of rotatable bonds is 2. The molecule has 2 heteroatoms. The first-order valence-electron chi connectivity index (χ1n) is 4.99. The van der Waals surface area contributed by atoms with Gasteiger partial charge >= 0.3 is 0 Å². The molecule has 0 aliphatic rings. The van der Waals surface area contributed by atoms with Crippen LogP contribution in [0.1, 0.15) is 5.56 Å². The van der Waals surface area contributed by atoms with Crippen LogP contribution in [0.2, 0.25) is 5.02 Å². The largest absolute Gasteiger partial charge is 0.398 e. The minimum Gasteiger partial charge on any atom is -0.398 e. The zero-order valence-corrected chi connectivity index (χ0v) is 9.54. The minimum absolute atomic E-state index is 0.709. The van der Waals surface area contributed by atoms with Crippen LogP contribution in [0.25, 0.3) is 17.2 Å². The van der Waals surface area contributed by atoms with Crippen molar-refractivity contribution >= 4 is 23.4 Å². The molecular formula is C14H12ClN. The topological polar surface area (TPSA) is 26.0 Å². The molecule has 0 fully saturated rings. The van der Waals surface area contributed by atoms with Crippen molar-refractivity contribution in [3.8, 4) is 11.1 Å². The molecule has 0 heterocycles. The van der Waals surface area contributed by atoms with Gasteiger partial charge < -0.3 is 5.73 Å². The van der Waals surface area contributed by atoms with Gasteiger partial charge in [0.1, 0.15) is 0 Å². The Kier molecular flexibility index (Phi) is 2.97. The molecule has 0 saturated heterocycles. The molecule has 80 valence electrons. The van der Waals surface area contributed by atoms with E-state index in [1.807, 2.05) is 42.5 Å². The van der Waals surface area contributed by atoms with Crippen molar-refractivity contribution in [2.75, 3.05) is 5.73 Å². The van der Waals surface area contributed by atoms with E-state index >= 15 is 0 Å². The van der Waals surface area contributed by atoms with Gasteiger partial charge in [-0.1, -0.05) is 54.6 Å². The molecule has 2 N–H and O–H groups in total. The summed E-state index contributed by atoms with van der Waals surface area (Å²) in [4.78, 5) is 0. The number of benzene rings is 2. The maximum absolute atomic E-state index is 6.06. The molecule has 2 rings (SSSR count). The summed E-state index contributed by atoms with van der Waals surface area (Å²) in [5.41, 5.74) is 9.75. The smallest absolute Gasteiger partial charge is 0.0467 e. The maximum Gasteiger partial charge on any atom is 0.0467 e. The summed E-state index contributed by atoms with van der Waals surface area (Å²) in [6.07, 6.45) is 1.75. The van der Waals surface area contributed by atoms with Crippen molar-refractivity contribution in [1.82, 2.24) is 0 Å². The molecule has 0 aliphatic heterocycles. The van der Waals surface area contributed by atoms with Crippen LogP contribution in [0, 0.1) is 0 Å². The average Bonchev–Trinajstić information content (AvgIpc) is 2.29. The molecule has 16 heavy (non-hydrogen) atoms. The first kappa shape index (κ1) is 10.8. The lowest BCUT2D eigenvalue weighted by molar-refractivity contribution is 1.59. The third-order valence-corrected chi connectivity index (χ3v) is 2.73. The Morgan fingerprint density at radius 3 is 2.56 bits per heavy atom. The van der Waals surface area contributed by atoms with Crippen LogP contribution in [0.15, 0.2) is 49.0 Å². The van der Waals surface area contributed by atoms with Gasteiger partial charge in [0.2, 0.25) is 0 Å². The van der Waals surface area contributed by atoms with Crippen LogP contribution >= 0.6 is 11.6 Å². The summed E-state index contributed by atoms with van der Waals surface area (Å²) in [6.45, 7) is 3.74. The van der Waals surface area contributed by atoms with Gasteiger partial charge in [-0.05, 0) is 23.3 Å². The molecule has 0 aromatic heterocycles. The van der Waals surface area contributed by atoms with Crippen molar-refractivity contribution in [2.24, 2.45) is 0 Å². The lowest BCUT2D eigenvalue weighted by Crippen LogP contribution is -1.93. The van der Waals surface area contributed by atoms with Crippen LogP contribution in [0.3, 0.4) is 0 Å². The molecule has 0 radical (unpaired) electrons. The van der Waals surface area contributed by atoms with Crippen molar-refractivity contribution in [1.29, 1.82) is 0 Å². The number of nitrogens with two attached hydrogens (primary N) is 1. The normalized spacial score (nSPS) is 10.1. The van der Waals surface area contributed by atoms with E-state index in [1.54, 1.807) is 6.08 Å². The van der Waals surface area contributed by atoms with E-state index in [4.69, 9.17) is 17.3 Å². The number of hydrogen-bond donors (Lipinski definition) is 1. The predicted octanol–water partition coefficient (Wildman–Crippen LogP) is 4.23. The molecule has 0 amide bonds. The summed E-state index contributed by atoms with van der Waals surface area (Å²) in [5.74, 6) is 0. The van der Waals surface area contributed by atoms with Gasteiger partial charge in [-0.15, -0.1) is 0 Å². The predicted molar refractivity (Wildman–Crippen MR) is 71.4 cm³/mol. The summed E-state index contributed by atoms with van der Waals surface area (Å²) in [5, 5.41) is 0.709. The van der Waals surface area contributed by atoms with Crippen molar-refractivity contribution in [3.05, 3.63) is 59.6 Å². The van der Waals surface area contributed by atoms with E-state index in [0.29, 0.717) is 5.02 Å². The molecule has 0 unspecified atom stereocenters. The number of nitrogen functional groups attached to an aromatic ring is 1. The summed E-state index contributed by atoms with van der Waals surface area (Å²) in [7, 11) is 0. The first-order chi connectivity index (χ1) is 7.72. The van der Waals surface area contributed by atoms with E-state index < -0.39 is 0 Å². The second-order valence-corrected chi connectivity index (χ2v) is 3.96. The Bertz CT molecular complexity index is 532. The Hall–Kier alpha value is -1.73. The third kappa shape index (κ3) is 1.95. The summed E-state index contributed by atoms with van der Waals surface area (Å²) < 4.78 is 0. The molecule has 0 spiro atoms. The van der Waals surface area contributed by atoms with Crippen LogP contribution < -0.4 is 5.73 Å². The Morgan fingerprint density at radius 1 is 1.12 bits per heavy atom. The van der Waals surface area contributed by atoms with Crippen molar-refractivity contribution in [3.63, 3.8) is 0 Å². The van der Waals surface area contributed by atoms with Gasteiger partial charge in [0.25, 0.3) is 0 Å². The van der Waals surface area contributed by atoms with Crippen molar-refractivity contribution < 1.29 is 0 Å². The fourth-order valence-electron chi connectivity index (χ4n) is 1.67. The second-order valence-electron chi connectivity index (χ2n) is 3.52.